The van der Waals surface area contributed by atoms with Crippen molar-refractivity contribution in [3.05, 3.63) is 34.4 Å². The third kappa shape index (κ3) is 2.63. The molecule has 0 aromatic heterocycles. The van der Waals surface area contributed by atoms with Crippen LogP contribution < -0.4 is 0 Å². The van der Waals surface area contributed by atoms with Gasteiger partial charge < -0.3 is 0 Å². The van der Waals surface area contributed by atoms with Crippen LogP contribution in [-0.4, -0.2) is 18.6 Å². The van der Waals surface area contributed by atoms with Gasteiger partial charge in [0.05, 0.1) is 0 Å². The van der Waals surface area contributed by atoms with Crippen molar-refractivity contribution in [2.45, 2.75) is 38.3 Å². The monoisotopic (exact) mass is 316 g/mol. The molecule has 0 heterocycles. The lowest BCUT2D eigenvalue weighted by molar-refractivity contribution is -0.348. The first-order valence-electron chi connectivity index (χ1n) is 5.82. The van der Waals surface area contributed by atoms with Crippen molar-refractivity contribution in [3.8, 4) is 0 Å². The van der Waals surface area contributed by atoms with E-state index >= 15 is 0 Å². The molecule has 1 rings (SSSR count). The third-order valence-electron chi connectivity index (χ3n) is 3.26. The van der Waals surface area contributed by atoms with Crippen molar-refractivity contribution < 1.29 is 35.5 Å². The topological polar surface area (TPSA) is 17.1 Å². The molecular weight excluding hydrogens is 305 g/mol. The Morgan fingerprint density at radius 3 is 1.81 bits per heavy atom. The van der Waals surface area contributed by atoms with Crippen molar-refractivity contribution in [1.29, 1.82) is 0 Å². The summed E-state index contributed by atoms with van der Waals surface area (Å²) in [5.74, 6) is 0. The summed E-state index contributed by atoms with van der Waals surface area (Å²) in [6, 6.07) is 1.33. The molecule has 0 aliphatic rings. The zero-order chi connectivity index (χ0) is 16.6. The number of halogens is 7. The molecule has 0 aliphatic heterocycles. The second kappa shape index (κ2) is 5.31. The average Bonchev–Trinajstić information content (AvgIpc) is 2.34. The van der Waals surface area contributed by atoms with Gasteiger partial charge in [-0.15, -0.1) is 0 Å². The van der Waals surface area contributed by atoms with Gasteiger partial charge in [0.2, 0.25) is 0 Å². The highest BCUT2D eigenvalue weighted by Gasteiger charge is 2.73. The molecule has 0 spiro atoms. The van der Waals surface area contributed by atoms with E-state index in [-0.39, 0.29) is 23.8 Å². The van der Waals surface area contributed by atoms with Gasteiger partial charge in [0.1, 0.15) is 0 Å². The Morgan fingerprint density at radius 1 is 1.00 bits per heavy atom. The summed E-state index contributed by atoms with van der Waals surface area (Å²) in [4.78, 5) is 10.9. The molecule has 21 heavy (non-hydrogen) atoms. The first-order chi connectivity index (χ1) is 9.41. The summed E-state index contributed by atoms with van der Waals surface area (Å²) in [7, 11) is 0. The van der Waals surface area contributed by atoms with Gasteiger partial charge in [-0.05, 0) is 24.5 Å². The number of carbonyl (C=O) groups excluding carboxylic acids is 1. The Morgan fingerprint density at radius 2 is 1.48 bits per heavy atom. The van der Waals surface area contributed by atoms with Crippen molar-refractivity contribution in [1.82, 2.24) is 0 Å². The largest absolute Gasteiger partial charge is 0.435 e. The summed E-state index contributed by atoms with van der Waals surface area (Å²) in [6.07, 6.45) is -12.0. The van der Waals surface area contributed by atoms with E-state index in [1.54, 1.807) is 6.92 Å². The molecule has 1 aromatic carbocycles. The number of benzene rings is 1. The molecule has 0 fully saturated rings. The van der Waals surface area contributed by atoms with Gasteiger partial charge in [0.25, 0.3) is 0 Å². The third-order valence-corrected chi connectivity index (χ3v) is 3.26. The van der Waals surface area contributed by atoms with Crippen molar-refractivity contribution >= 4 is 6.29 Å². The minimum Gasteiger partial charge on any atom is -0.298 e. The molecule has 1 nitrogen and oxygen atoms in total. The van der Waals surface area contributed by atoms with Crippen molar-refractivity contribution in [2.24, 2.45) is 0 Å². The molecule has 0 amide bonds. The lowest BCUT2D eigenvalue weighted by Crippen LogP contribution is -2.51. The SMILES string of the molecule is CCc1ccc(C(F)(C(F)(F)F)C(F)(F)F)c(C)c1C=O. The minimum absolute atomic E-state index is 0.130. The second-order valence-electron chi connectivity index (χ2n) is 4.44. The number of hydrogen-bond donors (Lipinski definition) is 0. The van der Waals surface area contributed by atoms with E-state index in [1.165, 1.54) is 0 Å². The maximum atomic E-state index is 14.0. The highest BCUT2D eigenvalue weighted by molar-refractivity contribution is 5.80. The van der Waals surface area contributed by atoms with Crippen LogP contribution in [0.25, 0.3) is 0 Å². The van der Waals surface area contributed by atoms with E-state index in [2.05, 4.69) is 0 Å². The van der Waals surface area contributed by atoms with Crippen molar-refractivity contribution in [3.63, 3.8) is 0 Å². The van der Waals surface area contributed by atoms with Gasteiger partial charge in [-0.2, -0.15) is 26.3 Å². The van der Waals surface area contributed by atoms with E-state index in [0.717, 1.165) is 13.0 Å². The number of aryl methyl sites for hydroxylation is 1. The Bertz CT molecular complexity index is 529. The predicted octanol–water partition coefficient (Wildman–Crippen LogP) is 4.66. The number of aldehydes is 1. The van der Waals surface area contributed by atoms with E-state index in [1.807, 2.05) is 0 Å². The Hall–Kier alpha value is -1.60. The number of alkyl halides is 7. The number of rotatable bonds is 3. The van der Waals surface area contributed by atoms with E-state index in [9.17, 15) is 35.5 Å². The molecule has 0 saturated carbocycles. The highest BCUT2D eigenvalue weighted by Crippen LogP contribution is 2.54. The Labute approximate surface area is 115 Å². The average molecular weight is 316 g/mol. The number of hydrogen-bond acceptors (Lipinski definition) is 1. The smallest absolute Gasteiger partial charge is 0.298 e. The van der Waals surface area contributed by atoms with Crippen LogP contribution >= 0.6 is 0 Å². The predicted molar refractivity (Wildman–Crippen MR) is 60.8 cm³/mol. The maximum Gasteiger partial charge on any atom is 0.435 e. The van der Waals surface area contributed by atoms with Crippen LogP contribution in [0.1, 0.15) is 34.0 Å². The van der Waals surface area contributed by atoms with Gasteiger partial charge in [-0.25, -0.2) is 4.39 Å². The fourth-order valence-electron chi connectivity index (χ4n) is 2.10. The normalized spacial score (nSPS) is 13.4. The number of carbonyl (C=O) groups is 1. The first-order valence-corrected chi connectivity index (χ1v) is 5.82. The summed E-state index contributed by atoms with van der Waals surface area (Å²) in [5, 5.41) is 0. The lowest BCUT2D eigenvalue weighted by Gasteiger charge is -2.32. The van der Waals surface area contributed by atoms with Crippen LogP contribution in [0, 0.1) is 6.92 Å². The summed E-state index contributed by atoms with van der Waals surface area (Å²) < 4.78 is 90.2. The second-order valence-corrected chi connectivity index (χ2v) is 4.44. The zero-order valence-corrected chi connectivity index (χ0v) is 11.0. The molecule has 1 aromatic rings. The zero-order valence-electron chi connectivity index (χ0n) is 11.0. The molecule has 0 bridgehead atoms. The molecule has 0 unspecified atom stereocenters. The molecular formula is C13H11F7O. The summed E-state index contributed by atoms with van der Waals surface area (Å²) >= 11 is 0. The highest BCUT2D eigenvalue weighted by atomic mass is 19.4. The van der Waals surface area contributed by atoms with Gasteiger partial charge in [-0.1, -0.05) is 19.1 Å². The molecule has 0 aliphatic carbocycles. The standard InChI is InChI=1S/C13H11F7O/c1-3-8-4-5-10(7(2)9(8)6-21)11(14,12(15,16)17)13(18,19)20/h4-6H,3H2,1-2H3. The maximum absolute atomic E-state index is 14.0. The Kier molecular flexibility index (Phi) is 4.41. The van der Waals surface area contributed by atoms with Gasteiger partial charge in [-0.3, -0.25) is 4.79 Å². The van der Waals surface area contributed by atoms with Gasteiger partial charge in [0, 0.05) is 11.1 Å². The van der Waals surface area contributed by atoms with Crippen LogP contribution in [0.5, 0.6) is 0 Å². The fourth-order valence-corrected chi connectivity index (χ4v) is 2.10. The minimum atomic E-state index is -6.19. The Balaban J connectivity index is 3.74. The van der Waals surface area contributed by atoms with E-state index in [0.29, 0.717) is 6.07 Å². The lowest BCUT2D eigenvalue weighted by atomic mass is 9.86. The van der Waals surface area contributed by atoms with Crippen LogP contribution in [0.15, 0.2) is 12.1 Å². The molecule has 0 saturated heterocycles. The molecule has 0 N–H and O–H groups in total. The summed E-state index contributed by atoms with van der Waals surface area (Å²) in [6.45, 7) is 2.43. The fraction of sp³-hybridized carbons (Fsp3) is 0.462. The van der Waals surface area contributed by atoms with Crippen LogP contribution in [-0.2, 0) is 12.1 Å². The van der Waals surface area contributed by atoms with Crippen LogP contribution in [0.3, 0.4) is 0 Å². The molecule has 0 radical (unpaired) electrons. The van der Waals surface area contributed by atoms with Crippen molar-refractivity contribution in [2.75, 3.05) is 0 Å². The molecule has 0 atom stereocenters. The van der Waals surface area contributed by atoms with Gasteiger partial charge in [0.15, 0.2) is 6.29 Å². The first kappa shape index (κ1) is 17.5. The van der Waals surface area contributed by atoms with E-state index < -0.39 is 29.1 Å². The van der Waals surface area contributed by atoms with Crippen LogP contribution in [0.2, 0.25) is 0 Å². The molecule has 118 valence electrons. The quantitative estimate of drug-likeness (QED) is 0.585. The van der Waals surface area contributed by atoms with Crippen LogP contribution in [0.4, 0.5) is 30.7 Å². The van der Waals surface area contributed by atoms with E-state index in [4.69, 9.17) is 0 Å². The summed E-state index contributed by atoms with van der Waals surface area (Å²) in [5.41, 5.74) is -7.90. The van der Waals surface area contributed by atoms with Gasteiger partial charge >= 0.3 is 18.0 Å². The molecule has 8 heteroatoms.